The molecule has 4 nitrogen and oxygen atoms in total. The van der Waals surface area contributed by atoms with E-state index in [9.17, 15) is 8.42 Å². The van der Waals surface area contributed by atoms with E-state index >= 15 is 0 Å². The molecule has 1 fully saturated rings. The summed E-state index contributed by atoms with van der Waals surface area (Å²) in [5.74, 6) is 1.68. The van der Waals surface area contributed by atoms with Gasteiger partial charge in [0.25, 0.3) is 0 Å². The number of nitrogens with two attached hydrogens (primary N) is 1. The molecule has 0 saturated carbocycles. The first-order valence-corrected chi connectivity index (χ1v) is 8.07. The largest absolute Gasteiger partial charge is 0.398 e. The van der Waals surface area contributed by atoms with Gasteiger partial charge in [-0.05, 0) is 19.1 Å². The zero-order valence-corrected chi connectivity index (χ0v) is 11.3. The maximum Gasteiger partial charge on any atom is 0.245 e. The number of para-hydroxylation sites is 1. The molecule has 1 heterocycles. The number of rotatable bonds is 2. The number of sulfonamides is 1. The maximum absolute atomic E-state index is 12.5. The zero-order chi connectivity index (χ0) is 12.5. The van der Waals surface area contributed by atoms with E-state index in [0.29, 0.717) is 12.2 Å². The Hall–Kier alpha value is -0.720. The van der Waals surface area contributed by atoms with Crippen LogP contribution in [0.2, 0.25) is 0 Å². The van der Waals surface area contributed by atoms with Gasteiger partial charge in [0.05, 0.1) is 5.69 Å². The van der Waals surface area contributed by atoms with Crippen molar-refractivity contribution in [2.75, 3.05) is 23.8 Å². The lowest BCUT2D eigenvalue weighted by Crippen LogP contribution is -2.44. The second kappa shape index (κ2) is 4.88. The van der Waals surface area contributed by atoms with Gasteiger partial charge in [-0.2, -0.15) is 16.1 Å². The van der Waals surface area contributed by atoms with Crippen molar-refractivity contribution in [2.45, 2.75) is 17.9 Å². The third kappa shape index (κ3) is 2.43. The van der Waals surface area contributed by atoms with Gasteiger partial charge < -0.3 is 5.73 Å². The zero-order valence-electron chi connectivity index (χ0n) is 9.67. The molecular formula is C11H16N2O2S2. The van der Waals surface area contributed by atoms with Gasteiger partial charge in [-0.1, -0.05) is 12.1 Å². The van der Waals surface area contributed by atoms with E-state index in [2.05, 4.69) is 0 Å². The highest BCUT2D eigenvalue weighted by atomic mass is 32.2. The van der Waals surface area contributed by atoms with E-state index in [1.165, 1.54) is 0 Å². The van der Waals surface area contributed by atoms with Crippen LogP contribution in [-0.2, 0) is 10.0 Å². The van der Waals surface area contributed by atoms with Crippen LogP contribution in [-0.4, -0.2) is 36.8 Å². The van der Waals surface area contributed by atoms with Gasteiger partial charge in [0, 0.05) is 24.1 Å². The molecule has 0 amide bonds. The SMILES string of the molecule is CC1CSCCN1S(=O)(=O)c1ccccc1N. The van der Waals surface area contributed by atoms with Gasteiger partial charge in [0.1, 0.15) is 4.90 Å². The van der Waals surface area contributed by atoms with Crippen LogP contribution in [0.25, 0.3) is 0 Å². The van der Waals surface area contributed by atoms with Crippen LogP contribution in [0.5, 0.6) is 0 Å². The van der Waals surface area contributed by atoms with E-state index < -0.39 is 10.0 Å². The summed E-state index contributed by atoms with van der Waals surface area (Å²) in [6, 6.07) is 6.66. The molecule has 2 N–H and O–H groups in total. The average Bonchev–Trinajstić information content (AvgIpc) is 2.29. The summed E-state index contributed by atoms with van der Waals surface area (Å²) < 4.78 is 26.5. The van der Waals surface area contributed by atoms with Crippen molar-refractivity contribution in [1.82, 2.24) is 4.31 Å². The quantitative estimate of drug-likeness (QED) is 0.827. The van der Waals surface area contributed by atoms with Crippen LogP contribution in [0.4, 0.5) is 5.69 Å². The van der Waals surface area contributed by atoms with E-state index in [1.54, 1.807) is 40.3 Å². The van der Waals surface area contributed by atoms with Gasteiger partial charge in [-0.3, -0.25) is 0 Å². The third-order valence-corrected chi connectivity index (χ3v) is 6.09. The molecule has 0 aromatic heterocycles. The molecule has 1 aliphatic heterocycles. The second-order valence-corrected chi connectivity index (χ2v) is 7.09. The molecule has 0 aliphatic carbocycles. The summed E-state index contributed by atoms with van der Waals surface area (Å²) in [5.41, 5.74) is 6.07. The third-order valence-electron chi connectivity index (χ3n) is 2.81. The Bertz CT molecular complexity index is 502. The van der Waals surface area contributed by atoms with Crippen molar-refractivity contribution in [3.8, 4) is 0 Å². The van der Waals surface area contributed by atoms with Crippen molar-refractivity contribution >= 4 is 27.5 Å². The smallest absolute Gasteiger partial charge is 0.245 e. The molecule has 17 heavy (non-hydrogen) atoms. The molecular weight excluding hydrogens is 256 g/mol. The van der Waals surface area contributed by atoms with Crippen molar-refractivity contribution in [3.05, 3.63) is 24.3 Å². The number of hydrogen-bond acceptors (Lipinski definition) is 4. The summed E-state index contributed by atoms with van der Waals surface area (Å²) in [7, 11) is -3.45. The molecule has 0 spiro atoms. The summed E-state index contributed by atoms with van der Waals surface area (Å²) in [6.45, 7) is 2.49. The molecule has 2 rings (SSSR count). The van der Waals surface area contributed by atoms with Gasteiger partial charge in [0.15, 0.2) is 0 Å². The fourth-order valence-corrected chi connectivity index (χ4v) is 4.88. The van der Waals surface area contributed by atoms with Crippen LogP contribution in [0.15, 0.2) is 29.2 Å². The molecule has 0 bridgehead atoms. The Morgan fingerprint density at radius 1 is 1.41 bits per heavy atom. The Labute approximate surface area is 106 Å². The van der Waals surface area contributed by atoms with Crippen LogP contribution >= 0.6 is 11.8 Å². The Morgan fingerprint density at radius 3 is 2.76 bits per heavy atom. The number of hydrogen-bond donors (Lipinski definition) is 1. The summed E-state index contributed by atoms with van der Waals surface area (Å²) in [4.78, 5) is 0.221. The first-order valence-electron chi connectivity index (χ1n) is 5.47. The molecule has 1 aromatic rings. The Balaban J connectivity index is 2.39. The molecule has 1 aliphatic rings. The van der Waals surface area contributed by atoms with Gasteiger partial charge in [0.2, 0.25) is 10.0 Å². The molecule has 6 heteroatoms. The predicted octanol–water partition coefficient (Wildman–Crippen LogP) is 1.39. The number of anilines is 1. The fourth-order valence-electron chi connectivity index (χ4n) is 1.91. The van der Waals surface area contributed by atoms with Crippen molar-refractivity contribution in [1.29, 1.82) is 0 Å². The minimum absolute atomic E-state index is 0.0263. The molecule has 0 radical (unpaired) electrons. The van der Waals surface area contributed by atoms with Crippen molar-refractivity contribution in [2.24, 2.45) is 0 Å². The number of nitrogens with zero attached hydrogens (tertiary/aromatic N) is 1. The van der Waals surface area contributed by atoms with E-state index in [-0.39, 0.29) is 10.9 Å². The number of thioether (sulfide) groups is 1. The van der Waals surface area contributed by atoms with E-state index in [1.807, 2.05) is 6.92 Å². The summed E-state index contributed by atoms with van der Waals surface area (Å²) in [5, 5.41) is 0. The molecule has 1 saturated heterocycles. The maximum atomic E-state index is 12.5. The van der Waals surface area contributed by atoms with Gasteiger partial charge in [-0.15, -0.1) is 0 Å². The van der Waals surface area contributed by atoms with E-state index in [4.69, 9.17) is 5.73 Å². The predicted molar refractivity (Wildman–Crippen MR) is 71.5 cm³/mol. The minimum Gasteiger partial charge on any atom is -0.398 e. The van der Waals surface area contributed by atoms with Crippen molar-refractivity contribution < 1.29 is 8.42 Å². The van der Waals surface area contributed by atoms with Crippen LogP contribution in [0, 0.1) is 0 Å². The van der Waals surface area contributed by atoms with Crippen molar-refractivity contribution in [3.63, 3.8) is 0 Å². The topological polar surface area (TPSA) is 63.4 Å². The highest BCUT2D eigenvalue weighted by molar-refractivity contribution is 7.99. The molecule has 1 aromatic carbocycles. The monoisotopic (exact) mass is 272 g/mol. The van der Waals surface area contributed by atoms with Crippen LogP contribution in [0.1, 0.15) is 6.92 Å². The number of benzene rings is 1. The van der Waals surface area contributed by atoms with Gasteiger partial charge in [-0.25, -0.2) is 8.42 Å². The summed E-state index contributed by atoms with van der Waals surface area (Å²) in [6.07, 6.45) is 0. The fraction of sp³-hybridized carbons (Fsp3) is 0.455. The first kappa shape index (κ1) is 12.7. The number of nitrogen functional groups attached to an aromatic ring is 1. The Kier molecular flexibility index (Phi) is 3.65. The summed E-state index contributed by atoms with van der Waals surface area (Å²) >= 11 is 1.78. The molecule has 1 atom stereocenters. The normalized spacial score (nSPS) is 22.5. The van der Waals surface area contributed by atoms with Crippen LogP contribution < -0.4 is 5.73 Å². The lowest BCUT2D eigenvalue weighted by atomic mass is 10.3. The second-order valence-electron chi connectivity index (χ2n) is 4.08. The highest BCUT2D eigenvalue weighted by Gasteiger charge is 2.32. The van der Waals surface area contributed by atoms with Gasteiger partial charge >= 0.3 is 0 Å². The standard InChI is InChI=1S/C11H16N2O2S2/c1-9-8-16-7-6-13(9)17(14,15)11-5-3-2-4-10(11)12/h2-5,9H,6-8,12H2,1H3. The lowest BCUT2D eigenvalue weighted by molar-refractivity contribution is 0.368. The average molecular weight is 272 g/mol. The minimum atomic E-state index is -3.45. The lowest BCUT2D eigenvalue weighted by Gasteiger charge is -2.32. The molecule has 1 unspecified atom stereocenters. The van der Waals surface area contributed by atoms with Crippen LogP contribution in [0.3, 0.4) is 0 Å². The van der Waals surface area contributed by atoms with E-state index in [0.717, 1.165) is 11.5 Å². The highest BCUT2D eigenvalue weighted by Crippen LogP contribution is 2.27. The Morgan fingerprint density at radius 2 is 2.12 bits per heavy atom. The first-order chi connectivity index (χ1) is 8.03. The molecule has 94 valence electrons.